The summed E-state index contributed by atoms with van der Waals surface area (Å²) in [6.45, 7) is 4.70. The number of amides is 1. The summed E-state index contributed by atoms with van der Waals surface area (Å²) in [5.41, 5.74) is 0.354. The fraction of sp³-hybridized carbons (Fsp3) is 0.381. The van der Waals surface area contributed by atoms with Gasteiger partial charge in [-0.3, -0.25) is 4.79 Å². The van der Waals surface area contributed by atoms with E-state index in [1.54, 1.807) is 50.2 Å². The number of anilines is 1. The highest BCUT2D eigenvalue weighted by molar-refractivity contribution is 7.89. The van der Waals surface area contributed by atoms with Gasteiger partial charge in [0.2, 0.25) is 10.0 Å². The average Bonchev–Trinajstić information content (AvgIpc) is 3.26. The Hall–Kier alpha value is -2.29. The van der Waals surface area contributed by atoms with Crippen molar-refractivity contribution in [1.29, 1.82) is 0 Å². The zero-order valence-corrected chi connectivity index (χ0v) is 18.5. The quantitative estimate of drug-likeness (QED) is 0.656. The van der Waals surface area contributed by atoms with Crippen LogP contribution in [0.5, 0.6) is 11.5 Å². The summed E-state index contributed by atoms with van der Waals surface area (Å²) in [7, 11) is -3.71. The number of hydrogen-bond donors (Lipinski definition) is 1. The number of carbonyl (C=O) groups excluding carboxylic acids is 1. The van der Waals surface area contributed by atoms with Crippen molar-refractivity contribution in [2.45, 2.75) is 37.7 Å². The smallest absolute Gasteiger partial charge is 0.265 e. The third-order valence-electron chi connectivity index (χ3n) is 4.69. The van der Waals surface area contributed by atoms with Gasteiger partial charge in [0.15, 0.2) is 6.10 Å². The van der Waals surface area contributed by atoms with Crippen LogP contribution in [0.3, 0.4) is 0 Å². The molecule has 1 saturated heterocycles. The summed E-state index contributed by atoms with van der Waals surface area (Å²) in [4.78, 5) is 12.6. The van der Waals surface area contributed by atoms with Crippen LogP contribution >= 0.6 is 11.6 Å². The van der Waals surface area contributed by atoms with Gasteiger partial charge in [-0.1, -0.05) is 11.6 Å². The predicted molar refractivity (Wildman–Crippen MR) is 116 cm³/mol. The van der Waals surface area contributed by atoms with Gasteiger partial charge in [-0.15, -0.1) is 0 Å². The second-order valence-electron chi connectivity index (χ2n) is 6.91. The van der Waals surface area contributed by atoms with E-state index in [1.807, 2.05) is 0 Å². The zero-order valence-electron chi connectivity index (χ0n) is 16.9. The van der Waals surface area contributed by atoms with E-state index in [2.05, 4.69) is 5.32 Å². The summed E-state index contributed by atoms with van der Waals surface area (Å²) in [6, 6.07) is 11.3. The molecule has 0 bridgehead atoms. The normalized spacial score (nSPS) is 15.6. The van der Waals surface area contributed by atoms with Crippen LogP contribution in [-0.4, -0.2) is 44.4 Å². The minimum atomic E-state index is -3.71. The molecule has 0 radical (unpaired) electrons. The molecular weight excluding hydrogens is 428 g/mol. The molecule has 2 aromatic carbocycles. The molecule has 1 atom stereocenters. The summed E-state index contributed by atoms with van der Waals surface area (Å²) < 4.78 is 38.7. The number of nitrogens with one attached hydrogen (secondary N) is 1. The first-order valence-corrected chi connectivity index (χ1v) is 11.6. The van der Waals surface area contributed by atoms with Gasteiger partial charge in [-0.05, 0) is 69.2 Å². The van der Waals surface area contributed by atoms with Gasteiger partial charge in [0.1, 0.15) is 16.4 Å². The molecule has 0 unspecified atom stereocenters. The van der Waals surface area contributed by atoms with Crippen molar-refractivity contribution in [3.63, 3.8) is 0 Å². The second kappa shape index (κ2) is 9.68. The van der Waals surface area contributed by atoms with E-state index in [-0.39, 0.29) is 10.6 Å². The number of ether oxygens (including phenoxy) is 2. The Morgan fingerprint density at radius 1 is 1.17 bits per heavy atom. The van der Waals surface area contributed by atoms with Crippen molar-refractivity contribution < 1.29 is 22.7 Å². The number of benzene rings is 2. The van der Waals surface area contributed by atoms with E-state index in [1.165, 1.54) is 10.4 Å². The van der Waals surface area contributed by atoms with E-state index in [0.717, 1.165) is 12.8 Å². The van der Waals surface area contributed by atoms with E-state index >= 15 is 0 Å². The summed E-state index contributed by atoms with van der Waals surface area (Å²) in [5, 5.41) is 3.29. The lowest BCUT2D eigenvalue weighted by molar-refractivity contribution is -0.122. The maximum Gasteiger partial charge on any atom is 0.265 e. The highest BCUT2D eigenvalue weighted by atomic mass is 35.5. The van der Waals surface area contributed by atoms with Crippen molar-refractivity contribution in [3.8, 4) is 11.5 Å². The minimum Gasteiger partial charge on any atom is -0.492 e. The third-order valence-corrected chi connectivity index (χ3v) is 6.86. The molecule has 0 saturated carbocycles. The van der Waals surface area contributed by atoms with Gasteiger partial charge in [0, 0.05) is 23.8 Å². The van der Waals surface area contributed by atoms with Gasteiger partial charge in [0.05, 0.1) is 6.61 Å². The molecule has 1 amide bonds. The third kappa shape index (κ3) is 5.24. The molecule has 9 heteroatoms. The number of carbonyl (C=O) groups is 1. The first-order valence-electron chi connectivity index (χ1n) is 9.81. The fourth-order valence-electron chi connectivity index (χ4n) is 3.14. The highest BCUT2D eigenvalue weighted by Gasteiger charge is 2.30. The standard InChI is InChI=1S/C21H25ClN2O5S/c1-3-28-19-11-8-17(14-20(19)30(26,27)24-12-4-5-13-24)23-21(25)15(2)29-18-9-6-16(22)7-10-18/h6-11,14-15H,3-5,12-13H2,1-2H3,(H,23,25)/t15-/m0/s1. The van der Waals surface area contributed by atoms with E-state index in [9.17, 15) is 13.2 Å². The molecule has 7 nitrogen and oxygen atoms in total. The maximum atomic E-state index is 13.1. The van der Waals surface area contributed by atoms with Crippen molar-refractivity contribution in [2.75, 3.05) is 25.0 Å². The molecule has 162 valence electrons. The van der Waals surface area contributed by atoms with Crippen LogP contribution < -0.4 is 14.8 Å². The molecule has 0 aromatic heterocycles. The van der Waals surface area contributed by atoms with Crippen LogP contribution in [0.4, 0.5) is 5.69 Å². The summed E-state index contributed by atoms with van der Waals surface area (Å²) >= 11 is 5.85. The van der Waals surface area contributed by atoms with Gasteiger partial charge in [0.25, 0.3) is 5.91 Å². The zero-order chi connectivity index (χ0) is 21.7. The first-order chi connectivity index (χ1) is 14.3. The number of nitrogens with zero attached hydrogens (tertiary/aromatic N) is 1. The molecule has 1 aliphatic rings. The largest absolute Gasteiger partial charge is 0.492 e. The van der Waals surface area contributed by atoms with Crippen LogP contribution in [0, 0.1) is 0 Å². The molecule has 1 N–H and O–H groups in total. The van der Waals surface area contributed by atoms with Gasteiger partial charge < -0.3 is 14.8 Å². The van der Waals surface area contributed by atoms with Crippen LogP contribution in [0.1, 0.15) is 26.7 Å². The minimum absolute atomic E-state index is 0.0512. The lowest BCUT2D eigenvalue weighted by Gasteiger charge is -2.20. The van der Waals surface area contributed by atoms with Gasteiger partial charge >= 0.3 is 0 Å². The van der Waals surface area contributed by atoms with Crippen molar-refractivity contribution in [3.05, 3.63) is 47.5 Å². The van der Waals surface area contributed by atoms with Gasteiger partial charge in [-0.25, -0.2) is 8.42 Å². The molecule has 1 heterocycles. The van der Waals surface area contributed by atoms with E-state index in [0.29, 0.717) is 36.2 Å². The van der Waals surface area contributed by atoms with Crippen LogP contribution in [0.2, 0.25) is 5.02 Å². The Morgan fingerprint density at radius 3 is 2.47 bits per heavy atom. The Morgan fingerprint density at radius 2 is 1.83 bits per heavy atom. The topological polar surface area (TPSA) is 84.9 Å². The van der Waals surface area contributed by atoms with E-state index in [4.69, 9.17) is 21.1 Å². The highest BCUT2D eigenvalue weighted by Crippen LogP contribution is 2.31. The predicted octanol–water partition coefficient (Wildman–Crippen LogP) is 3.93. The number of rotatable bonds is 8. The van der Waals surface area contributed by atoms with Crippen LogP contribution in [0.15, 0.2) is 47.4 Å². The molecule has 2 aromatic rings. The van der Waals surface area contributed by atoms with E-state index < -0.39 is 22.0 Å². The molecule has 1 fully saturated rings. The first kappa shape index (κ1) is 22.4. The average molecular weight is 453 g/mol. The fourth-order valence-corrected chi connectivity index (χ4v) is 4.94. The molecule has 0 aliphatic carbocycles. The lowest BCUT2D eigenvalue weighted by atomic mass is 10.2. The second-order valence-corrected chi connectivity index (χ2v) is 9.25. The van der Waals surface area contributed by atoms with Crippen molar-refractivity contribution in [2.24, 2.45) is 0 Å². The molecule has 3 rings (SSSR count). The monoisotopic (exact) mass is 452 g/mol. The van der Waals surface area contributed by atoms with Crippen LogP contribution in [0.25, 0.3) is 0 Å². The van der Waals surface area contributed by atoms with Crippen LogP contribution in [-0.2, 0) is 14.8 Å². The summed E-state index contributed by atoms with van der Waals surface area (Å²) in [5.74, 6) is 0.373. The molecule has 30 heavy (non-hydrogen) atoms. The molecule has 1 aliphatic heterocycles. The molecular formula is C21H25ClN2O5S. The Bertz CT molecular complexity index is 989. The Kier molecular flexibility index (Phi) is 7.23. The Balaban J connectivity index is 1.78. The lowest BCUT2D eigenvalue weighted by Crippen LogP contribution is -2.31. The van der Waals surface area contributed by atoms with Crippen molar-refractivity contribution in [1.82, 2.24) is 4.31 Å². The van der Waals surface area contributed by atoms with Crippen molar-refractivity contribution >= 4 is 33.2 Å². The summed E-state index contributed by atoms with van der Waals surface area (Å²) in [6.07, 6.45) is 0.870. The molecule has 0 spiro atoms. The number of hydrogen-bond acceptors (Lipinski definition) is 5. The Labute approximate surface area is 182 Å². The maximum absolute atomic E-state index is 13.1. The number of sulfonamides is 1. The number of halogens is 1. The van der Waals surface area contributed by atoms with Gasteiger partial charge in [-0.2, -0.15) is 4.31 Å². The SMILES string of the molecule is CCOc1ccc(NC(=O)[C@H](C)Oc2ccc(Cl)cc2)cc1S(=O)(=O)N1CCCC1.